The summed E-state index contributed by atoms with van der Waals surface area (Å²) in [5.41, 5.74) is -1.34. The second-order valence-corrected chi connectivity index (χ2v) is 11.3. The molecule has 1 heterocycles. The molecule has 1 aliphatic heterocycles. The topological polar surface area (TPSA) is 102 Å². The molecule has 5 rings (SSSR count). The summed E-state index contributed by atoms with van der Waals surface area (Å²) in [6.45, 7) is 0.236. The van der Waals surface area contributed by atoms with Crippen LogP contribution in [0.4, 0.5) is 23.7 Å². The molecule has 3 aliphatic rings. The lowest BCUT2D eigenvalue weighted by molar-refractivity contribution is 0.0114. The zero-order chi connectivity index (χ0) is 24.4. The molecule has 4 atom stereocenters. The largest absolute Gasteiger partial charge is 0.441 e. The number of fused-ring (bicyclic) bond motifs is 3. The zero-order valence-electron chi connectivity index (χ0n) is 17.4. The lowest BCUT2D eigenvalue weighted by Crippen LogP contribution is -2.42. The molecule has 2 bridgehead atoms. The number of carbonyl (C=O) groups is 2. The van der Waals surface area contributed by atoms with Gasteiger partial charge in [0.1, 0.15) is 5.60 Å². The van der Waals surface area contributed by atoms with Gasteiger partial charge in [0.05, 0.1) is 21.7 Å². The SMILES string of the molecule is O=C1NC[C@]2(CC3CCC2[C@@H]3S(=O)(=O)c2cc(C(=O)Nc3cc(F)c(F)c(F)c3)ccc2Cl)O1. The van der Waals surface area contributed by atoms with E-state index in [4.69, 9.17) is 16.3 Å². The van der Waals surface area contributed by atoms with E-state index in [9.17, 15) is 31.2 Å². The summed E-state index contributed by atoms with van der Waals surface area (Å²) in [5.74, 6) is -6.16. The molecule has 180 valence electrons. The molecule has 34 heavy (non-hydrogen) atoms. The summed E-state index contributed by atoms with van der Waals surface area (Å²) in [6.07, 6.45) is 1.07. The Bertz CT molecular complexity index is 1310. The molecule has 2 aromatic rings. The average molecular weight is 515 g/mol. The third-order valence-corrected chi connectivity index (χ3v) is 9.74. The number of anilines is 1. The van der Waals surface area contributed by atoms with Crippen LogP contribution in [0.2, 0.25) is 5.02 Å². The van der Waals surface area contributed by atoms with E-state index in [-0.39, 0.29) is 33.6 Å². The number of rotatable bonds is 4. The fourth-order valence-corrected chi connectivity index (χ4v) is 8.46. The van der Waals surface area contributed by atoms with E-state index >= 15 is 0 Å². The minimum atomic E-state index is -4.03. The molecule has 2 unspecified atom stereocenters. The van der Waals surface area contributed by atoms with Crippen LogP contribution in [0.3, 0.4) is 0 Å². The van der Waals surface area contributed by atoms with Crippen molar-refractivity contribution in [3.05, 3.63) is 58.4 Å². The summed E-state index contributed by atoms with van der Waals surface area (Å²) in [7, 11) is -4.03. The van der Waals surface area contributed by atoms with Crippen LogP contribution in [0.5, 0.6) is 0 Å². The fraction of sp³-hybridized carbons (Fsp3) is 0.364. The van der Waals surface area contributed by atoms with E-state index in [0.29, 0.717) is 31.4 Å². The first kappa shape index (κ1) is 23.0. The Morgan fingerprint density at radius 1 is 1.15 bits per heavy atom. The average Bonchev–Trinajstić information content (AvgIpc) is 3.45. The summed E-state index contributed by atoms with van der Waals surface area (Å²) < 4.78 is 73.0. The summed E-state index contributed by atoms with van der Waals surface area (Å²) >= 11 is 6.22. The van der Waals surface area contributed by atoms with E-state index in [2.05, 4.69) is 10.6 Å². The Morgan fingerprint density at radius 2 is 1.85 bits per heavy atom. The van der Waals surface area contributed by atoms with Crippen LogP contribution in [0.1, 0.15) is 29.6 Å². The monoisotopic (exact) mass is 514 g/mol. The van der Waals surface area contributed by atoms with Gasteiger partial charge in [-0.05, 0) is 43.4 Å². The van der Waals surface area contributed by atoms with Gasteiger partial charge < -0.3 is 15.4 Å². The third-order valence-electron chi connectivity index (χ3n) is 6.92. The van der Waals surface area contributed by atoms with Crippen molar-refractivity contribution in [3.8, 4) is 0 Å². The van der Waals surface area contributed by atoms with Gasteiger partial charge in [0.25, 0.3) is 5.91 Å². The van der Waals surface area contributed by atoms with Crippen LogP contribution in [0.15, 0.2) is 35.2 Å². The lowest BCUT2D eigenvalue weighted by Gasteiger charge is -2.31. The maximum Gasteiger partial charge on any atom is 0.407 e. The van der Waals surface area contributed by atoms with Gasteiger partial charge in [-0.1, -0.05) is 11.6 Å². The van der Waals surface area contributed by atoms with Crippen LogP contribution >= 0.6 is 11.6 Å². The number of carbonyl (C=O) groups excluding carboxylic acids is 2. The minimum Gasteiger partial charge on any atom is -0.441 e. The summed E-state index contributed by atoms with van der Waals surface area (Å²) in [6, 6.07) is 4.83. The predicted octanol–water partition coefficient (Wildman–Crippen LogP) is 4.06. The highest BCUT2D eigenvalue weighted by Crippen LogP contribution is 2.57. The van der Waals surface area contributed by atoms with Crippen LogP contribution < -0.4 is 10.6 Å². The highest BCUT2D eigenvalue weighted by molar-refractivity contribution is 7.92. The number of ether oxygens (including phenoxy) is 1. The van der Waals surface area contributed by atoms with Crippen molar-refractivity contribution in [2.45, 2.75) is 35.0 Å². The van der Waals surface area contributed by atoms with Gasteiger partial charge in [0.2, 0.25) is 0 Å². The van der Waals surface area contributed by atoms with Crippen molar-refractivity contribution < 1.29 is 35.9 Å². The van der Waals surface area contributed by atoms with Crippen LogP contribution in [0.25, 0.3) is 0 Å². The first-order chi connectivity index (χ1) is 16.0. The molecule has 2 saturated carbocycles. The van der Waals surface area contributed by atoms with Gasteiger partial charge in [0.15, 0.2) is 27.3 Å². The molecule has 0 radical (unpaired) electrons. The lowest BCUT2D eigenvalue weighted by atomic mass is 9.84. The number of alkyl carbamates (subject to hydrolysis) is 1. The van der Waals surface area contributed by atoms with Crippen molar-refractivity contribution in [3.63, 3.8) is 0 Å². The molecule has 3 fully saturated rings. The molecular formula is C22H18ClF3N2O5S. The zero-order valence-corrected chi connectivity index (χ0v) is 19.0. The van der Waals surface area contributed by atoms with Gasteiger partial charge in [-0.2, -0.15) is 0 Å². The molecule has 2 aromatic carbocycles. The summed E-state index contributed by atoms with van der Waals surface area (Å²) in [5, 5.41) is 3.90. The van der Waals surface area contributed by atoms with E-state index < -0.39 is 56.1 Å². The number of hydrogen-bond acceptors (Lipinski definition) is 5. The Balaban J connectivity index is 1.45. The number of sulfone groups is 1. The molecule has 2 amide bonds. The number of nitrogens with one attached hydrogen (secondary N) is 2. The maximum absolute atomic E-state index is 13.7. The second-order valence-electron chi connectivity index (χ2n) is 8.82. The predicted molar refractivity (Wildman–Crippen MR) is 115 cm³/mol. The van der Waals surface area contributed by atoms with Crippen molar-refractivity contribution in [1.29, 1.82) is 0 Å². The third kappa shape index (κ3) is 3.52. The molecule has 7 nitrogen and oxygen atoms in total. The van der Waals surface area contributed by atoms with Crippen LogP contribution in [-0.4, -0.2) is 37.8 Å². The normalized spacial score (nSPS) is 27.6. The first-order valence-corrected chi connectivity index (χ1v) is 12.4. The minimum absolute atomic E-state index is 0.0858. The van der Waals surface area contributed by atoms with E-state index in [1.165, 1.54) is 12.1 Å². The van der Waals surface area contributed by atoms with Crippen molar-refractivity contribution in [2.24, 2.45) is 11.8 Å². The quantitative estimate of drug-likeness (QED) is 0.599. The molecule has 0 aromatic heterocycles. The van der Waals surface area contributed by atoms with Gasteiger partial charge in [-0.25, -0.2) is 26.4 Å². The Labute approximate surface area is 197 Å². The Hall–Kier alpha value is -2.79. The Morgan fingerprint density at radius 3 is 2.50 bits per heavy atom. The van der Waals surface area contributed by atoms with Gasteiger partial charge in [-0.3, -0.25) is 4.79 Å². The molecule has 2 N–H and O–H groups in total. The summed E-state index contributed by atoms with van der Waals surface area (Å²) in [4.78, 5) is 24.1. The molecule has 2 aliphatic carbocycles. The van der Waals surface area contributed by atoms with Crippen molar-refractivity contribution >= 4 is 39.1 Å². The number of benzene rings is 2. The van der Waals surface area contributed by atoms with E-state index in [1.807, 2.05) is 0 Å². The fourth-order valence-electron chi connectivity index (χ4n) is 5.54. The first-order valence-electron chi connectivity index (χ1n) is 10.5. The van der Waals surface area contributed by atoms with Crippen molar-refractivity contribution in [1.82, 2.24) is 5.32 Å². The highest BCUT2D eigenvalue weighted by atomic mass is 35.5. The highest BCUT2D eigenvalue weighted by Gasteiger charge is 2.65. The van der Waals surface area contributed by atoms with Crippen LogP contribution in [-0.2, 0) is 14.6 Å². The number of halogens is 4. The standard InChI is InChI=1S/C22H18ClF3N2O5S/c23-14-4-2-10(20(29)28-12-6-15(24)18(26)16(25)7-12)5-17(14)34(31,32)19-11-1-3-13(19)22(8-11)9-27-21(30)33-22/h2,4-7,11,13,19H,1,3,8-9H2,(H,27,30)(H,28,29)/t11?,13?,19-,22+/m1/s1. The van der Waals surface area contributed by atoms with Gasteiger partial charge >= 0.3 is 6.09 Å². The number of hydrogen-bond donors (Lipinski definition) is 2. The van der Waals surface area contributed by atoms with Gasteiger partial charge in [0, 0.05) is 29.3 Å². The molecule has 12 heteroatoms. The maximum atomic E-state index is 13.7. The van der Waals surface area contributed by atoms with E-state index in [0.717, 1.165) is 6.07 Å². The van der Waals surface area contributed by atoms with Crippen LogP contribution in [0, 0.1) is 29.3 Å². The molecule has 1 saturated heterocycles. The second kappa shape index (κ2) is 7.88. The Kier molecular flexibility index (Phi) is 5.32. The van der Waals surface area contributed by atoms with Crippen molar-refractivity contribution in [2.75, 3.05) is 11.9 Å². The van der Waals surface area contributed by atoms with Gasteiger partial charge in [-0.15, -0.1) is 0 Å². The smallest absolute Gasteiger partial charge is 0.407 e. The molecular weight excluding hydrogens is 497 g/mol. The van der Waals surface area contributed by atoms with E-state index in [1.54, 1.807) is 0 Å². The molecule has 1 spiro atoms. The number of amides is 2.